The number of imidazole rings is 2. The Balaban J connectivity index is 0.916. The van der Waals surface area contributed by atoms with Gasteiger partial charge in [-0.3, -0.25) is 51.4 Å². The molecule has 42 heteroatoms. The average molecular weight is 1120 g/mol. The molecule has 8 rings (SSSR count). The first kappa shape index (κ1) is 54.4. The predicted molar refractivity (Wildman–Crippen MR) is 232 cm³/mol. The highest BCUT2D eigenvalue weighted by Crippen LogP contribution is 2.68. The van der Waals surface area contributed by atoms with Crippen molar-refractivity contribution in [2.75, 3.05) is 44.1 Å². The van der Waals surface area contributed by atoms with Gasteiger partial charge in [0.2, 0.25) is 17.7 Å². The lowest BCUT2D eigenvalue weighted by molar-refractivity contribution is -0.745. The Kier molecular flexibility index (Phi) is 15.2. The largest absolute Gasteiger partial charge is 0.490 e. The van der Waals surface area contributed by atoms with Gasteiger partial charge in [-0.25, -0.2) is 32.6 Å². The third kappa shape index (κ3) is 11.4. The lowest BCUT2D eigenvalue weighted by Crippen LogP contribution is -2.46. The lowest BCUT2D eigenvalue weighted by Gasteiger charge is -2.26. The van der Waals surface area contributed by atoms with Crippen molar-refractivity contribution in [3.8, 4) is 0 Å². The predicted octanol–water partition coefficient (Wildman–Crippen LogP) is -5.29. The van der Waals surface area contributed by atoms with E-state index in [-0.39, 0.29) is 40.0 Å². The molecule has 3 aliphatic rings. The van der Waals surface area contributed by atoms with E-state index in [1.54, 1.807) is 0 Å². The van der Waals surface area contributed by atoms with E-state index >= 15 is 0 Å². The zero-order chi connectivity index (χ0) is 53.3. The van der Waals surface area contributed by atoms with Crippen LogP contribution in [0.15, 0.2) is 39.3 Å². The Morgan fingerprint density at radius 1 is 0.712 bits per heavy atom. The van der Waals surface area contributed by atoms with Gasteiger partial charge in [0.05, 0.1) is 33.2 Å². The number of hydrogen-bond acceptors (Lipinski definition) is 28. The Morgan fingerprint density at radius 3 is 1.93 bits per heavy atom. The minimum Gasteiger partial charge on any atom is -0.387 e. The molecule has 8 heterocycles. The molecule has 0 saturated carbocycles. The number of phosphoric ester groups is 3. The second kappa shape index (κ2) is 20.4. The first-order chi connectivity index (χ1) is 34.1. The highest BCUT2D eigenvalue weighted by molar-refractivity contribution is 7.66. The zero-order valence-corrected chi connectivity index (χ0v) is 40.6. The molecular formula is C31H44N13O25P4+. The summed E-state index contributed by atoms with van der Waals surface area (Å²) >= 11 is 0. The molecule has 0 spiro atoms. The van der Waals surface area contributed by atoms with E-state index in [0.29, 0.717) is 0 Å². The molecule has 0 radical (unpaired) electrons. The fourth-order valence-electron chi connectivity index (χ4n) is 7.85. The molecule has 402 valence electrons. The third-order valence-electron chi connectivity index (χ3n) is 11.0. The highest BCUT2D eigenvalue weighted by Gasteiger charge is 2.54. The van der Waals surface area contributed by atoms with Gasteiger partial charge in [0.25, 0.3) is 17.1 Å². The Morgan fingerprint density at radius 2 is 1.29 bits per heavy atom. The number of phosphoric acid groups is 4. The zero-order valence-electron chi connectivity index (χ0n) is 37.0. The fourth-order valence-corrected chi connectivity index (χ4v) is 12.3. The number of aliphatic hydroxyl groups is 4. The maximum absolute atomic E-state index is 13.5. The van der Waals surface area contributed by atoms with E-state index in [1.165, 1.54) is 17.9 Å². The van der Waals surface area contributed by atoms with Crippen molar-refractivity contribution in [3.63, 3.8) is 0 Å². The number of anilines is 3. The molecule has 5 aromatic rings. The van der Waals surface area contributed by atoms with Crippen molar-refractivity contribution in [3.05, 3.63) is 56.1 Å². The van der Waals surface area contributed by atoms with E-state index in [0.717, 1.165) is 39.4 Å². The van der Waals surface area contributed by atoms with Crippen LogP contribution in [0.4, 0.5) is 17.7 Å². The molecular weight excluding hydrogens is 1080 g/mol. The minimum atomic E-state index is -6.22. The molecule has 73 heavy (non-hydrogen) atoms. The number of nitrogens with two attached hydrogens (primary N) is 3. The summed E-state index contributed by atoms with van der Waals surface area (Å²) in [5.74, 6) is -0.897. The minimum absolute atomic E-state index is 0.0308. The summed E-state index contributed by atoms with van der Waals surface area (Å²) in [5.41, 5.74) is 13.8. The van der Waals surface area contributed by atoms with Crippen LogP contribution in [0.3, 0.4) is 0 Å². The van der Waals surface area contributed by atoms with E-state index in [9.17, 15) is 72.6 Å². The number of rotatable bonds is 19. The maximum atomic E-state index is 13.5. The molecule has 3 fully saturated rings. The van der Waals surface area contributed by atoms with Gasteiger partial charge in [-0.1, -0.05) is 4.98 Å². The number of aryl methyl sites for hydroxylation is 1. The van der Waals surface area contributed by atoms with Crippen LogP contribution in [0.2, 0.25) is 0 Å². The van der Waals surface area contributed by atoms with Crippen molar-refractivity contribution in [2.24, 2.45) is 7.05 Å². The monoisotopic (exact) mass is 1120 g/mol. The number of hydrogen-bond donors (Lipinski definition) is 13. The van der Waals surface area contributed by atoms with Gasteiger partial charge >= 0.3 is 42.6 Å². The van der Waals surface area contributed by atoms with Gasteiger partial charge in [-0.05, 0) is 6.07 Å². The number of aromatic amines is 2. The van der Waals surface area contributed by atoms with Crippen LogP contribution >= 0.6 is 31.3 Å². The van der Waals surface area contributed by atoms with Gasteiger partial charge in [0.1, 0.15) is 60.8 Å². The van der Waals surface area contributed by atoms with Gasteiger partial charge in [0.15, 0.2) is 29.9 Å². The number of H-pyrrole nitrogens is 2. The normalized spacial score (nSPS) is 30.9. The number of aromatic nitrogens is 10. The molecule has 0 aliphatic carbocycles. The van der Waals surface area contributed by atoms with Crippen LogP contribution in [0.25, 0.3) is 22.3 Å². The number of methoxy groups -OCH3 is 1. The summed E-state index contributed by atoms with van der Waals surface area (Å²) in [6, 6.07) is 1.13. The summed E-state index contributed by atoms with van der Waals surface area (Å²) in [7, 11) is -21.1. The summed E-state index contributed by atoms with van der Waals surface area (Å²) in [6.07, 6.45) is -17.6. The van der Waals surface area contributed by atoms with Crippen LogP contribution in [-0.4, -0.2) is 165 Å². The molecule has 16 N–H and O–H groups in total. The van der Waals surface area contributed by atoms with Crippen LogP contribution < -0.4 is 38.6 Å². The topological polar surface area (TPSA) is 554 Å². The third-order valence-corrected chi connectivity index (χ3v) is 16.3. The lowest BCUT2D eigenvalue weighted by atomic mass is 10.1. The summed E-state index contributed by atoms with van der Waals surface area (Å²) in [5, 5.41) is 43.0. The van der Waals surface area contributed by atoms with Crippen molar-refractivity contribution in [2.45, 2.75) is 73.6 Å². The standard InChI is InChI=1S/C31H43N13O25P4/c1-41-9-44(23-15(41)25(50)40-30(34)38-23)27-19(48)17(46)11(65-27)6-62-71(54,55)68-73(58,59)69-72(56,57)63-7-12-20(21(60-2)28(66-12)42-4-3-13(32)36-31(42)51)67-70(52,53)61-5-10-16(45)18(47)26(64-10)43-8-35-14-22(43)37-29(33)39-24(14)49/h3-4,8-12,16-21,26-28,45-48H,5-7H2,1-2H3,(H11-,32,33,34,36,37,38,39,40,49,50,51,52,53,54,55,56,57,58,59)/p+1/t10-,11-,12-,16-,17-,18-,19-,20-,21-,26-,27-,28-/m1/s1. The first-order valence-corrected chi connectivity index (χ1v) is 26.5. The van der Waals surface area contributed by atoms with E-state index < -0.39 is 142 Å². The summed E-state index contributed by atoms with van der Waals surface area (Å²) < 4.78 is 107. The molecule has 4 unspecified atom stereocenters. The van der Waals surface area contributed by atoms with E-state index in [4.69, 9.17) is 49.7 Å². The van der Waals surface area contributed by atoms with Crippen molar-refractivity contribution >= 4 is 71.3 Å². The Bertz CT molecular complexity index is 3280. The van der Waals surface area contributed by atoms with Gasteiger partial charge in [-0.15, -0.1) is 0 Å². The number of nitrogens with one attached hydrogen (secondary N) is 2. The molecule has 0 amide bonds. The SMILES string of the molecule is CO[C@@H]1[C@H](OP(=O)(O)OC[C@H]2O[C@@H](n3cnc4c(=O)[nH]c(N)nc43)[C@H](O)[C@@H]2O)[C@@H](COP(=O)(O)OP(=O)(O)OP(=O)(O)OC[C@H]2O[C@@H]([n+]3cn(C)c4c(=O)[nH]c(N)nc43)[C@H](O)[C@@H]2O)O[C@H]1n1ccc(N)nc1=O. The van der Waals surface area contributed by atoms with Gasteiger partial charge in [0, 0.05) is 13.3 Å². The van der Waals surface area contributed by atoms with E-state index in [1.807, 2.05) is 0 Å². The van der Waals surface area contributed by atoms with Crippen molar-refractivity contribution < 1.29 is 108 Å². The van der Waals surface area contributed by atoms with Gasteiger partial charge < -0.3 is 76.1 Å². The molecule has 5 aromatic heterocycles. The van der Waals surface area contributed by atoms with Crippen LogP contribution in [0, 0.1) is 0 Å². The second-order valence-corrected chi connectivity index (χ2v) is 22.0. The summed E-state index contributed by atoms with van der Waals surface area (Å²) in [6.45, 7) is -3.51. The fraction of sp³-hybridized carbons (Fsp3) is 0.548. The smallest absolute Gasteiger partial charge is 0.387 e. The van der Waals surface area contributed by atoms with Crippen molar-refractivity contribution in [1.82, 2.24) is 43.6 Å². The molecule has 0 aromatic carbocycles. The number of nitrogen functional groups attached to an aromatic ring is 3. The molecule has 3 aliphatic heterocycles. The van der Waals surface area contributed by atoms with Crippen LogP contribution in [0.1, 0.15) is 18.7 Å². The molecule has 0 bridgehead atoms. The Hall–Kier alpha value is -4.82. The second-order valence-electron chi connectivity index (χ2n) is 15.9. The average Bonchev–Trinajstić information content (AvgIpc) is 4.07. The maximum Gasteiger partial charge on any atom is 0.490 e. The number of ether oxygens (including phenoxy) is 4. The van der Waals surface area contributed by atoms with Crippen molar-refractivity contribution in [1.29, 1.82) is 0 Å². The molecule has 38 nitrogen and oxygen atoms in total. The van der Waals surface area contributed by atoms with E-state index in [2.05, 4.69) is 43.0 Å². The Labute approximate surface area is 403 Å². The molecule has 16 atom stereocenters. The number of fused-ring (bicyclic) bond motifs is 2. The van der Waals surface area contributed by atoms with Crippen LogP contribution in [-0.2, 0) is 71.0 Å². The van der Waals surface area contributed by atoms with Gasteiger partial charge in [-0.2, -0.15) is 18.6 Å². The number of nitrogens with zero attached hydrogens (tertiary/aromatic N) is 8. The van der Waals surface area contributed by atoms with Crippen LogP contribution in [0.5, 0.6) is 0 Å². The number of aliphatic hydroxyl groups excluding tert-OH is 4. The summed E-state index contributed by atoms with van der Waals surface area (Å²) in [4.78, 5) is 99.5. The first-order valence-electron chi connectivity index (χ1n) is 20.5. The molecule has 3 saturated heterocycles. The quantitative estimate of drug-likeness (QED) is 0.0271. The highest BCUT2D eigenvalue weighted by atomic mass is 31.3.